The molecule has 2 unspecified atom stereocenters. The Morgan fingerprint density at radius 2 is 1.58 bits per heavy atom. The summed E-state index contributed by atoms with van der Waals surface area (Å²) in [4.78, 5) is 11.6. The topological polar surface area (TPSA) is 63.1 Å². The van der Waals surface area contributed by atoms with Gasteiger partial charge in [-0.25, -0.2) is 0 Å². The van der Waals surface area contributed by atoms with Gasteiger partial charge in [0.15, 0.2) is 8.68 Å². The van der Waals surface area contributed by atoms with Crippen LogP contribution in [-0.2, 0) is 16.3 Å². The molecular weight excluding hydrogens is 468 g/mol. The number of benzene rings is 2. The first-order valence-corrected chi connectivity index (χ1v) is 13.7. The van der Waals surface area contributed by atoms with E-state index in [2.05, 4.69) is 72.2 Å². The van der Waals surface area contributed by atoms with Crippen molar-refractivity contribution in [3.8, 4) is 0 Å². The van der Waals surface area contributed by atoms with Crippen molar-refractivity contribution in [3.05, 3.63) is 77.4 Å². The molecule has 0 aliphatic carbocycles. The Balaban J connectivity index is 1.49. The van der Waals surface area contributed by atoms with Crippen LogP contribution >= 0.6 is 34.9 Å². The lowest BCUT2D eigenvalue weighted by atomic mass is 9.77. The molecule has 0 fully saturated rings. The van der Waals surface area contributed by atoms with Crippen LogP contribution in [0.4, 0.5) is 0 Å². The molecule has 3 rings (SSSR count). The van der Waals surface area contributed by atoms with Crippen LogP contribution in [0.3, 0.4) is 0 Å². The second kappa shape index (κ2) is 11.9. The minimum atomic E-state index is -0.718. The Labute approximate surface area is 208 Å². The third-order valence-corrected chi connectivity index (χ3v) is 9.26. The zero-order valence-corrected chi connectivity index (χ0v) is 21.7. The molecule has 2 atom stereocenters. The van der Waals surface area contributed by atoms with Crippen molar-refractivity contribution in [3.63, 3.8) is 0 Å². The highest BCUT2D eigenvalue weighted by atomic mass is 32.2. The fourth-order valence-electron chi connectivity index (χ4n) is 3.47. The number of hydrogen-bond acceptors (Lipinski definition) is 6. The first kappa shape index (κ1) is 25.5. The number of carboxylic acid groups (broad SMARTS) is 1. The molecule has 1 heterocycles. The van der Waals surface area contributed by atoms with Crippen molar-refractivity contribution in [2.45, 2.75) is 59.7 Å². The Morgan fingerprint density at radius 1 is 1.06 bits per heavy atom. The zero-order valence-electron chi connectivity index (χ0n) is 19.3. The van der Waals surface area contributed by atoms with Gasteiger partial charge in [0.05, 0.1) is 5.41 Å². The third-order valence-electron chi connectivity index (χ3n) is 5.93. The van der Waals surface area contributed by atoms with E-state index < -0.39 is 11.4 Å². The van der Waals surface area contributed by atoms with Gasteiger partial charge in [0, 0.05) is 11.5 Å². The van der Waals surface area contributed by atoms with Gasteiger partial charge in [-0.1, -0.05) is 110 Å². The first-order valence-electron chi connectivity index (χ1n) is 11.0. The molecule has 0 bridgehead atoms. The standard InChI is InChI=1S/C26H30N2O2S3/c1-5-19-7-9-20(10-8-19)16-31-24-27-28-25(33-24)32-17-21-11-13-22(14-12-21)18(3)15-26(4,6-2)23(29)30/h5,7-14,18H,1,6,15-17H2,2-4H3,(H,29,30). The maximum absolute atomic E-state index is 11.6. The monoisotopic (exact) mass is 498 g/mol. The fourth-order valence-corrected chi connectivity index (χ4v) is 6.40. The largest absolute Gasteiger partial charge is 0.481 e. The van der Waals surface area contributed by atoms with Crippen LogP contribution in [0.5, 0.6) is 0 Å². The minimum Gasteiger partial charge on any atom is -0.481 e. The third kappa shape index (κ3) is 7.19. The summed E-state index contributed by atoms with van der Waals surface area (Å²) in [6.07, 6.45) is 3.11. The highest BCUT2D eigenvalue weighted by Crippen LogP contribution is 2.36. The van der Waals surface area contributed by atoms with Crippen LogP contribution < -0.4 is 0 Å². The zero-order chi connectivity index (χ0) is 23.8. The molecule has 7 heteroatoms. The van der Waals surface area contributed by atoms with Gasteiger partial charge in [0.25, 0.3) is 0 Å². The number of thioether (sulfide) groups is 2. The van der Waals surface area contributed by atoms with Crippen LogP contribution in [0.1, 0.15) is 61.8 Å². The van der Waals surface area contributed by atoms with Gasteiger partial charge >= 0.3 is 5.97 Å². The molecule has 0 saturated heterocycles. The van der Waals surface area contributed by atoms with Crippen molar-refractivity contribution in [1.82, 2.24) is 10.2 Å². The van der Waals surface area contributed by atoms with Crippen molar-refractivity contribution < 1.29 is 9.90 Å². The van der Waals surface area contributed by atoms with Crippen LogP contribution in [-0.4, -0.2) is 21.3 Å². The summed E-state index contributed by atoms with van der Waals surface area (Å²) in [6.45, 7) is 9.67. The normalized spacial score (nSPS) is 13.9. The smallest absolute Gasteiger partial charge is 0.309 e. The average Bonchev–Trinajstić information content (AvgIpc) is 3.29. The number of aromatic nitrogens is 2. The Bertz CT molecular complexity index is 1060. The van der Waals surface area contributed by atoms with Crippen LogP contribution in [0.25, 0.3) is 6.08 Å². The van der Waals surface area contributed by atoms with Crippen LogP contribution in [0, 0.1) is 5.41 Å². The molecule has 0 spiro atoms. The lowest BCUT2D eigenvalue weighted by molar-refractivity contribution is -0.148. The highest BCUT2D eigenvalue weighted by molar-refractivity contribution is 8.02. The highest BCUT2D eigenvalue weighted by Gasteiger charge is 2.33. The molecule has 0 saturated carbocycles. The van der Waals surface area contributed by atoms with Gasteiger partial charge in [0.1, 0.15) is 0 Å². The molecule has 4 nitrogen and oxygen atoms in total. The number of hydrogen-bond donors (Lipinski definition) is 1. The lowest BCUT2D eigenvalue weighted by Gasteiger charge is -2.27. The van der Waals surface area contributed by atoms with Gasteiger partial charge < -0.3 is 5.11 Å². The summed E-state index contributed by atoms with van der Waals surface area (Å²) in [6, 6.07) is 16.9. The second-order valence-electron chi connectivity index (χ2n) is 8.42. The van der Waals surface area contributed by atoms with Crippen molar-refractivity contribution in [2.75, 3.05) is 0 Å². The summed E-state index contributed by atoms with van der Waals surface area (Å²) in [5.41, 5.74) is 4.10. The Morgan fingerprint density at radius 3 is 2.03 bits per heavy atom. The minimum absolute atomic E-state index is 0.198. The van der Waals surface area contributed by atoms with Gasteiger partial charge in [0.2, 0.25) is 0 Å². The molecule has 0 aliphatic heterocycles. The average molecular weight is 499 g/mol. The number of rotatable bonds is 12. The van der Waals surface area contributed by atoms with Crippen molar-refractivity contribution in [2.24, 2.45) is 5.41 Å². The van der Waals surface area contributed by atoms with E-state index in [0.717, 1.165) is 25.7 Å². The number of carbonyl (C=O) groups is 1. The molecule has 3 aromatic rings. The van der Waals surface area contributed by atoms with Crippen LogP contribution in [0.15, 0.2) is 63.8 Å². The van der Waals surface area contributed by atoms with E-state index in [-0.39, 0.29) is 5.92 Å². The fraction of sp³-hybridized carbons (Fsp3) is 0.346. The van der Waals surface area contributed by atoms with Gasteiger partial charge in [-0.15, -0.1) is 10.2 Å². The Hall–Kier alpha value is -2.09. The van der Waals surface area contributed by atoms with Gasteiger partial charge in [-0.2, -0.15) is 0 Å². The molecule has 174 valence electrons. The first-order chi connectivity index (χ1) is 15.8. The molecule has 1 N–H and O–H groups in total. The lowest BCUT2D eigenvalue weighted by Crippen LogP contribution is -2.28. The Kier molecular flexibility index (Phi) is 9.18. The van der Waals surface area contributed by atoms with Crippen molar-refractivity contribution >= 4 is 46.9 Å². The van der Waals surface area contributed by atoms with E-state index in [9.17, 15) is 9.90 Å². The SMILES string of the molecule is C=Cc1ccc(CSc2nnc(SCc3ccc(C(C)CC(C)(CC)C(=O)O)cc3)s2)cc1. The van der Waals surface area contributed by atoms with Crippen LogP contribution in [0.2, 0.25) is 0 Å². The van der Waals surface area contributed by atoms with E-state index in [4.69, 9.17) is 0 Å². The summed E-state index contributed by atoms with van der Waals surface area (Å²) >= 11 is 5.03. The van der Waals surface area contributed by atoms with E-state index in [0.29, 0.717) is 12.8 Å². The molecule has 33 heavy (non-hydrogen) atoms. The molecule has 2 aromatic carbocycles. The molecule has 0 amide bonds. The van der Waals surface area contributed by atoms with Gasteiger partial charge in [-0.3, -0.25) is 4.79 Å². The molecule has 1 aromatic heterocycles. The summed E-state index contributed by atoms with van der Waals surface area (Å²) < 4.78 is 1.95. The molecule has 0 aliphatic rings. The van der Waals surface area contributed by atoms with E-state index >= 15 is 0 Å². The predicted octanol–water partition coefficient (Wildman–Crippen LogP) is 7.76. The second-order valence-corrected chi connectivity index (χ2v) is 11.8. The van der Waals surface area contributed by atoms with Gasteiger partial charge in [-0.05, 0) is 47.9 Å². The van der Waals surface area contributed by atoms with Crippen molar-refractivity contribution in [1.29, 1.82) is 0 Å². The maximum Gasteiger partial charge on any atom is 0.309 e. The summed E-state index contributed by atoms with van der Waals surface area (Å²) in [5, 5.41) is 18.2. The van der Waals surface area contributed by atoms with E-state index in [1.807, 2.05) is 19.9 Å². The predicted molar refractivity (Wildman–Crippen MR) is 141 cm³/mol. The number of carboxylic acids is 1. The molecular formula is C26H30N2O2S3. The summed E-state index contributed by atoms with van der Waals surface area (Å²) in [5.74, 6) is 1.18. The maximum atomic E-state index is 11.6. The number of nitrogens with zero attached hydrogens (tertiary/aromatic N) is 2. The van der Waals surface area contributed by atoms with E-state index in [1.165, 1.54) is 16.7 Å². The van der Waals surface area contributed by atoms with E-state index in [1.54, 1.807) is 34.9 Å². The summed E-state index contributed by atoms with van der Waals surface area (Å²) in [7, 11) is 0. The quantitative estimate of drug-likeness (QED) is 0.257. The number of aliphatic carboxylic acids is 1. The molecule has 0 radical (unpaired) electrons.